The van der Waals surface area contributed by atoms with E-state index in [1.807, 2.05) is 21.1 Å². The van der Waals surface area contributed by atoms with Gasteiger partial charge in [-0.25, -0.2) is 4.98 Å². The summed E-state index contributed by atoms with van der Waals surface area (Å²) in [5.41, 5.74) is 2.86. The molecule has 1 aromatic heterocycles. The Hall–Kier alpha value is -2.14. The van der Waals surface area contributed by atoms with Crippen LogP contribution in [-0.4, -0.2) is 41.0 Å². The number of hydrogen-bond donors (Lipinski definition) is 1. The van der Waals surface area contributed by atoms with Gasteiger partial charge in [-0.15, -0.1) is 0 Å². The summed E-state index contributed by atoms with van der Waals surface area (Å²) in [4.78, 5) is 18.2. The number of hydrogen-bond acceptors (Lipinski definition) is 3. The second-order valence-corrected chi connectivity index (χ2v) is 5.52. The van der Waals surface area contributed by atoms with Crippen LogP contribution in [0.4, 0.5) is 0 Å². The topological polar surface area (TPSA) is 50.2 Å². The van der Waals surface area contributed by atoms with Crippen molar-refractivity contribution in [2.24, 2.45) is 7.05 Å². The maximum Gasteiger partial charge on any atom is 0.271 e. The summed E-state index contributed by atoms with van der Waals surface area (Å²) >= 11 is 0. The van der Waals surface area contributed by atoms with Crippen LogP contribution in [0.15, 0.2) is 36.8 Å². The largest absolute Gasteiger partial charge is 0.349 e. The second-order valence-electron chi connectivity index (χ2n) is 5.52. The number of aryl methyl sites for hydroxylation is 2. The van der Waals surface area contributed by atoms with E-state index in [1.54, 1.807) is 17.1 Å². The first-order chi connectivity index (χ1) is 9.97. The third kappa shape index (κ3) is 3.92. The first kappa shape index (κ1) is 15.3. The van der Waals surface area contributed by atoms with Crippen LogP contribution in [0.3, 0.4) is 0 Å². The number of aromatic nitrogens is 2. The average molecular weight is 286 g/mol. The van der Waals surface area contributed by atoms with Gasteiger partial charge in [0.05, 0.1) is 12.4 Å². The molecule has 0 aliphatic rings. The van der Waals surface area contributed by atoms with Crippen molar-refractivity contribution in [2.75, 3.05) is 20.6 Å². The summed E-state index contributed by atoms with van der Waals surface area (Å²) in [6, 6.07) is 8.52. The van der Waals surface area contributed by atoms with Gasteiger partial charge in [-0.05, 0) is 26.6 Å². The van der Waals surface area contributed by atoms with Crippen LogP contribution in [-0.2, 0) is 7.05 Å². The minimum atomic E-state index is -0.144. The molecule has 0 aliphatic carbocycles. The molecule has 0 aliphatic heterocycles. The zero-order valence-electron chi connectivity index (χ0n) is 13.0. The summed E-state index contributed by atoms with van der Waals surface area (Å²) < 4.78 is 1.76. The van der Waals surface area contributed by atoms with Gasteiger partial charge in [0.25, 0.3) is 5.91 Å². The number of carbonyl (C=O) groups is 1. The molecule has 1 N–H and O–H groups in total. The lowest BCUT2D eigenvalue weighted by Crippen LogP contribution is -2.34. The Bertz CT molecular complexity index is 601. The van der Waals surface area contributed by atoms with Crippen molar-refractivity contribution < 1.29 is 4.79 Å². The molecule has 1 heterocycles. The van der Waals surface area contributed by atoms with Gasteiger partial charge in [0.2, 0.25) is 0 Å². The Morgan fingerprint density at radius 2 is 2.00 bits per heavy atom. The van der Waals surface area contributed by atoms with Gasteiger partial charge in [-0.2, -0.15) is 0 Å². The fourth-order valence-corrected chi connectivity index (χ4v) is 2.20. The lowest BCUT2D eigenvalue weighted by molar-refractivity contribution is 0.0937. The van der Waals surface area contributed by atoms with Crippen LogP contribution in [0.1, 0.15) is 27.7 Å². The summed E-state index contributed by atoms with van der Waals surface area (Å²) in [5, 5.41) is 2.95. The molecule has 0 radical (unpaired) electrons. The van der Waals surface area contributed by atoms with E-state index in [0.717, 1.165) is 0 Å². The predicted molar refractivity (Wildman–Crippen MR) is 83.1 cm³/mol. The highest BCUT2D eigenvalue weighted by molar-refractivity contribution is 5.92. The van der Waals surface area contributed by atoms with Gasteiger partial charge in [-0.3, -0.25) is 4.79 Å². The summed E-state index contributed by atoms with van der Waals surface area (Å²) in [5.74, 6) is -0.144. The summed E-state index contributed by atoms with van der Waals surface area (Å²) in [6.07, 6.45) is 3.34. The Morgan fingerprint density at radius 1 is 1.33 bits per heavy atom. The Labute approximate surface area is 125 Å². The third-order valence-corrected chi connectivity index (χ3v) is 3.48. The number of benzene rings is 1. The van der Waals surface area contributed by atoms with Crippen molar-refractivity contribution in [3.8, 4) is 0 Å². The third-order valence-electron chi connectivity index (χ3n) is 3.48. The molecule has 2 rings (SSSR count). The summed E-state index contributed by atoms with van der Waals surface area (Å²) in [6.45, 7) is 2.61. The highest BCUT2D eigenvalue weighted by Crippen LogP contribution is 2.18. The molecule has 0 saturated carbocycles. The smallest absolute Gasteiger partial charge is 0.271 e. The minimum Gasteiger partial charge on any atom is -0.349 e. The van der Waals surface area contributed by atoms with Gasteiger partial charge in [0.1, 0.15) is 5.69 Å². The molecule has 0 saturated heterocycles. The lowest BCUT2D eigenvalue weighted by Gasteiger charge is -2.25. The highest BCUT2D eigenvalue weighted by atomic mass is 16.1. The number of likely N-dealkylation sites (N-methyl/N-ethyl adjacent to an activating group) is 1. The molecule has 1 aromatic carbocycles. The van der Waals surface area contributed by atoms with Crippen molar-refractivity contribution >= 4 is 5.91 Å². The van der Waals surface area contributed by atoms with Crippen molar-refractivity contribution in [3.05, 3.63) is 53.6 Å². The van der Waals surface area contributed by atoms with Crippen molar-refractivity contribution in [1.29, 1.82) is 0 Å². The number of amides is 1. The van der Waals surface area contributed by atoms with E-state index in [0.29, 0.717) is 12.2 Å². The van der Waals surface area contributed by atoms with Crippen molar-refractivity contribution in [3.63, 3.8) is 0 Å². The maximum absolute atomic E-state index is 12.1. The van der Waals surface area contributed by atoms with E-state index in [-0.39, 0.29) is 11.9 Å². The zero-order valence-corrected chi connectivity index (χ0v) is 13.0. The van der Waals surface area contributed by atoms with Crippen LogP contribution in [0.2, 0.25) is 0 Å². The molecule has 5 heteroatoms. The Balaban J connectivity index is 2.03. The highest BCUT2D eigenvalue weighted by Gasteiger charge is 2.16. The number of nitrogens with zero attached hydrogens (tertiary/aromatic N) is 3. The van der Waals surface area contributed by atoms with Crippen molar-refractivity contribution in [2.45, 2.75) is 13.0 Å². The quantitative estimate of drug-likeness (QED) is 0.911. The predicted octanol–water partition coefficient (Wildman–Crippen LogP) is 1.76. The van der Waals surface area contributed by atoms with Crippen LogP contribution in [0.25, 0.3) is 0 Å². The molecule has 0 unspecified atom stereocenters. The molecule has 0 fully saturated rings. The molecule has 5 nitrogen and oxygen atoms in total. The van der Waals surface area contributed by atoms with Gasteiger partial charge in [0, 0.05) is 19.8 Å². The molecule has 2 aromatic rings. The molecular weight excluding hydrogens is 264 g/mol. The zero-order chi connectivity index (χ0) is 15.4. The first-order valence-electron chi connectivity index (χ1n) is 6.96. The number of imidazole rings is 1. The first-order valence-corrected chi connectivity index (χ1v) is 6.96. The van der Waals surface area contributed by atoms with E-state index in [2.05, 4.69) is 46.4 Å². The average Bonchev–Trinajstić information content (AvgIpc) is 2.87. The van der Waals surface area contributed by atoms with Crippen LogP contribution < -0.4 is 5.32 Å². The SMILES string of the molecule is Cc1ccc([C@H](CNC(=O)c2cn(C)cn2)N(C)C)cc1. The van der Waals surface area contributed by atoms with Crippen LogP contribution in [0, 0.1) is 6.92 Å². The van der Waals surface area contributed by atoms with E-state index in [1.165, 1.54) is 11.1 Å². The molecule has 1 amide bonds. The van der Waals surface area contributed by atoms with Gasteiger partial charge >= 0.3 is 0 Å². The monoisotopic (exact) mass is 286 g/mol. The minimum absolute atomic E-state index is 0.137. The van der Waals surface area contributed by atoms with E-state index >= 15 is 0 Å². The second kappa shape index (κ2) is 6.54. The lowest BCUT2D eigenvalue weighted by atomic mass is 10.0. The van der Waals surface area contributed by atoms with E-state index in [9.17, 15) is 4.79 Å². The standard InChI is InChI=1S/C16H22N4O/c1-12-5-7-13(8-6-12)15(19(2)3)9-17-16(21)14-10-20(4)11-18-14/h5-8,10-11,15H,9H2,1-4H3,(H,17,21)/t15-/m0/s1. The van der Waals surface area contributed by atoms with Gasteiger partial charge in [0.15, 0.2) is 0 Å². The number of carbonyl (C=O) groups excluding carboxylic acids is 1. The molecule has 0 spiro atoms. The van der Waals surface area contributed by atoms with Gasteiger partial charge < -0.3 is 14.8 Å². The fraction of sp³-hybridized carbons (Fsp3) is 0.375. The molecular formula is C16H22N4O. The molecule has 1 atom stereocenters. The maximum atomic E-state index is 12.1. The number of rotatable bonds is 5. The number of nitrogens with one attached hydrogen (secondary N) is 1. The van der Waals surface area contributed by atoms with Crippen LogP contribution >= 0.6 is 0 Å². The van der Waals surface area contributed by atoms with Gasteiger partial charge in [-0.1, -0.05) is 29.8 Å². The molecule has 21 heavy (non-hydrogen) atoms. The Morgan fingerprint density at radius 3 is 2.52 bits per heavy atom. The molecule has 112 valence electrons. The van der Waals surface area contributed by atoms with Crippen molar-refractivity contribution in [1.82, 2.24) is 19.8 Å². The van der Waals surface area contributed by atoms with Crippen LogP contribution in [0.5, 0.6) is 0 Å². The molecule has 0 bridgehead atoms. The van der Waals surface area contributed by atoms with E-state index in [4.69, 9.17) is 0 Å². The normalized spacial score (nSPS) is 12.4. The summed E-state index contributed by atoms with van der Waals surface area (Å²) in [7, 11) is 5.87. The Kier molecular flexibility index (Phi) is 4.75. The fourth-order valence-electron chi connectivity index (χ4n) is 2.20. The van der Waals surface area contributed by atoms with E-state index < -0.39 is 0 Å².